The number of hydrogen-bond acceptors (Lipinski definition) is 2. The maximum Gasteiger partial charge on any atom is 0.250 e. The van der Waals surface area contributed by atoms with Crippen molar-refractivity contribution < 1.29 is 9.53 Å². The Hall–Kier alpha value is -1.06. The Morgan fingerprint density at radius 1 is 1.17 bits per heavy atom. The van der Waals surface area contributed by atoms with Gasteiger partial charge in [-0.25, -0.2) is 0 Å². The van der Waals surface area contributed by atoms with Gasteiger partial charge in [0, 0.05) is 5.56 Å². The first-order valence-corrected chi connectivity index (χ1v) is 14.5. The van der Waals surface area contributed by atoms with E-state index in [2.05, 4.69) is 84.1 Å². The lowest BCUT2D eigenvalue weighted by atomic mass is 9.62. The highest BCUT2D eigenvalue weighted by Crippen LogP contribution is 2.57. The zero-order valence-electron chi connectivity index (χ0n) is 19.7. The van der Waals surface area contributed by atoms with Crippen LogP contribution >= 0.6 is 0 Å². The molecule has 29 heavy (non-hydrogen) atoms. The lowest BCUT2D eigenvalue weighted by molar-refractivity contribution is -0.0230. The maximum absolute atomic E-state index is 10.5. The minimum absolute atomic E-state index is 0.0892. The minimum Gasteiger partial charge on any atom is -0.543 e. The highest BCUT2D eigenvalue weighted by atomic mass is 28.4. The molecule has 0 amide bonds. The second-order valence-electron chi connectivity index (χ2n) is 11.4. The summed E-state index contributed by atoms with van der Waals surface area (Å²) in [4.78, 5) is 0. The number of aliphatic hydroxyl groups excluding tert-OH is 1. The first-order chi connectivity index (χ1) is 13.5. The fourth-order valence-electron chi connectivity index (χ4n) is 5.58. The van der Waals surface area contributed by atoms with Crippen LogP contribution in [0.3, 0.4) is 0 Å². The molecule has 3 heteroatoms. The molecule has 2 aliphatic rings. The molecule has 0 spiro atoms. The second-order valence-corrected chi connectivity index (χ2v) is 16.1. The summed E-state index contributed by atoms with van der Waals surface area (Å²) in [5.74, 6) is 2.68. The Balaban J connectivity index is 1.77. The summed E-state index contributed by atoms with van der Waals surface area (Å²) in [6, 6.07) is 8.48. The van der Waals surface area contributed by atoms with Gasteiger partial charge in [0.15, 0.2) is 0 Å². The summed E-state index contributed by atoms with van der Waals surface area (Å²) in [5.41, 5.74) is 1.48. The van der Waals surface area contributed by atoms with Gasteiger partial charge in [0.2, 0.25) is 0 Å². The van der Waals surface area contributed by atoms with Crippen molar-refractivity contribution in [2.45, 2.75) is 91.0 Å². The number of benzene rings is 1. The predicted molar refractivity (Wildman–Crippen MR) is 127 cm³/mol. The molecular weight excluding hydrogens is 372 g/mol. The van der Waals surface area contributed by atoms with Gasteiger partial charge in [0.1, 0.15) is 5.75 Å². The first-order valence-electron chi connectivity index (χ1n) is 11.6. The average Bonchev–Trinajstić information content (AvgIpc) is 2.98. The summed E-state index contributed by atoms with van der Waals surface area (Å²) >= 11 is 0. The fraction of sp³-hybridized carbons (Fsp3) is 0.692. The van der Waals surface area contributed by atoms with Crippen LogP contribution in [-0.2, 0) is 0 Å². The lowest BCUT2D eigenvalue weighted by Crippen LogP contribution is -2.44. The van der Waals surface area contributed by atoms with E-state index >= 15 is 0 Å². The SMILES string of the molecule is C[C@@H](/C=C/c1ccccc1O[Si](C)(C)C(C)(C)C)[C@H]1CC[C@H]2[C@@H](O)CCC[C@]12C. The molecule has 5 atom stereocenters. The Morgan fingerprint density at radius 2 is 1.86 bits per heavy atom. The van der Waals surface area contributed by atoms with Crippen molar-refractivity contribution in [3.05, 3.63) is 35.9 Å². The normalized spacial score (nSPS) is 31.7. The van der Waals surface area contributed by atoms with E-state index in [0.29, 0.717) is 23.2 Å². The van der Waals surface area contributed by atoms with E-state index in [9.17, 15) is 5.11 Å². The third-order valence-electron chi connectivity index (χ3n) is 8.47. The van der Waals surface area contributed by atoms with Gasteiger partial charge in [0.05, 0.1) is 6.10 Å². The summed E-state index contributed by atoms with van der Waals surface area (Å²) in [5, 5.41) is 10.7. The first kappa shape index (κ1) is 22.6. The molecule has 0 aromatic heterocycles. The summed E-state index contributed by atoms with van der Waals surface area (Å²) < 4.78 is 6.63. The smallest absolute Gasteiger partial charge is 0.250 e. The molecule has 0 heterocycles. The van der Waals surface area contributed by atoms with E-state index in [1.54, 1.807) is 0 Å². The molecule has 0 unspecified atom stereocenters. The van der Waals surface area contributed by atoms with Crippen molar-refractivity contribution in [1.82, 2.24) is 0 Å². The van der Waals surface area contributed by atoms with Crippen LogP contribution < -0.4 is 4.43 Å². The van der Waals surface area contributed by atoms with Gasteiger partial charge in [-0.1, -0.05) is 71.4 Å². The topological polar surface area (TPSA) is 29.5 Å². The number of aliphatic hydroxyl groups is 1. The Labute approximate surface area is 179 Å². The van der Waals surface area contributed by atoms with Crippen LogP contribution in [0, 0.1) is 23.2 Å². The van der Waals surface area contributed by atoms with Crippen molar-refractivity contribution >= 4 is 14.4 Å². The Bertz CT molecular complexity index is 732. The zero-order valence-corrected chi connectivity index (χ0v) is 20.7. The Kier molecular flexibility index (Phi) is 6.42. The molecule has 0 radical (unpaired) electrons. The predicted octanol–water partition coefficient (Wildman–Crippen LogP) is 7.30. The van der Waals surface area contributed by atoms with Gasteiger partial charge in [-0.05, 0) is 73.1 Å². The number of fused-ring (bicyclic) bond motifs is 1. The molecule has 0 bridgehead atoms. The van der Waals surface area contributed by atoms with Crippen molar-refractivity contribution in [2.75, 3.05) is 0 Å². The number of para-hydroxylation sites is 1. The molecule has 2 saturated carbocycles. The van der Waals surface area contributed by atoms with Gasteiger partial charge in [-0.2, -0.15) is 0 Å². The van der Waals surface area contributed by atoms with E-state index < -0.39 is 8.32 Å². The van der Waals surface area contributed by atoms with Gasteiger partial charge in [-0.3, -0.25) is 0 Å². The monoisotopic (exact) mass is 414 g/mol. The maximum atomic E-state index is 10.5. The molecule has 0 aliphatic heterocycles. The van der Waals surface area contributed by atoms with Crippen LogP contribution in [0.2, 0.25) is 18.1 Å². The highest BCUT2D eigenvalue weighted by molar-refractivity contribution is 6.74. The van der Waals surface area contributed by atoms with Crippen LogP contribution in [0.15, 0.2) is 30.3 Å². The fourth-order valence-corrected chi connectivity index (χ4v) is 6.62. The highest BCUT2D eigenvalue weighted by Gasteiger charge is 2.51. The minimum atomic E-state index is -1.86. The molecule has 1 aromatic carbocycles. The van der Waals surface area contributed by atoms with Crippen molar-refractivity contribution in [3.63, 3.8) is 0 Å². The molecule has 0 saturated heterocycles. The summed E-state index contributed by atoms with van der Waals surface area (Å²) in [6.07, 6.45) is 10.4. The summed E-state index contributed by atoms with van der Waals surface area (Å²) in [6.45, 7) is 16.3. The third kappa shape index (κ3) is 4.51. The van der Waals surface area contributed by atoms with E-state index in [0.717, 1.165) is 12.2 Å². The van der Waals surface area contributed by atoms with Gasteiger partial charge in [-0.15, -0.1) is 0 Å². The van der Waals surface area contributed by atoms with Gasteiger partial charge in [0.25, 0.3) is 8.32 Å². The molecule has 3 rings (SSSR count). The van der Waals surface area contributed by atoms with Gasteiger partial charge >= 0.3 is 0 Å². The van der Waals surface area contributed by atoms with E-state index in [4.69, 9.17) is 4.43 Å². The van der Waals surface area contributed by atoms with Crippen LogP contribution in [0.1, 0.15) is 72.3 Å². The van der Waals surface area contributed by atoms with Crippen molar-refractivity contribution in [2.24, 2.45) is 23.2 Å². The molecule has 2 nitrogen and oxygen atoms in total. The van der Waals surface area contributed by atoms with Crippen LogP contribution in [0.5, 0.6) is 5.75 Å². The zero-order chi connectivity index (χ0) is 21.4. The Morgan fingerprint density at radius 3 is 2.55 bits per heavy atom. The average molecular weight is 415 g/mol. The summed E-state index contributed by atoms with van der Waals surface area (Å²) in [7, 11) is -1.86. The largest absolute Gasteiger partial charge is 0.543 e. The second kappa shape index (κ2) is 8.23. The molecule has 1 N–H and O–H groups in total. The van der Waals surface area contributed by atoms with Crippen LogP contribution in [0.4, 0.5) is 0 Å². The van der Waals surface area contributed by atoms with E-state index in [1.165, 1.54) is 31.2 Å². The van der Waals surface area contributed by atoms with Crippen molar-refractivity contribution in [1.29, 1.82) is 0 Å². The number of allylic oxidation sites excluding steroid dienone is 1. The van der Waals surface area contributed by atoms with Crippen LogP contribution in [-0.4, -0.2) is 19.5 Å². The van der Waals surface area contributed by atoms with E-state index in [1.807, 2.05) is 0 Å². The molecule has 2 aliphatic carbocycles. The van der Waals surface area contributed by atoms with Crippen molar-refractivity contribution in [3.8, 4) is 5.75 Å². The third-order valence-corrected chi connectivity index (χ3v) is 12.8. The molecular formula is C26H42O2Si. The quantitative estimate of drug-likeness (QED) is 0.512. The molecule has 1 aromatic rings. The van der Waals surface area contributed by atoms with Crippen LogP contribution in [0.25, 0.3) is 6.08 Å². The molecule has 162 valence electrons. The standard InChI is InChI=1S/C26H42O2Si/c1-19(21-16-17-22-23(27)12-10-18-26(21,22)5)14-15-20-11-8-9-13-24(20)28-29(6,7)25(2,3)4/h8-9,11,13-15,19,21-23,27H,10,12,16-18H2,1-7H3/b15-14+/t19-,21+,22-,23-,26+/m0/s1. The van der Waals surface area contributed by atoms with Gasteiger partial charge < -0.3 is 9.53 Å². The van der Waals surface area contributed by atoms with E-state index in [-0.39, 0.29) is 11.1 Å². The number of hydrogen-bond donors (Lipinski definition) is 1. The molecule has 2 fully saturated rings. The lowest BCUT2D eigenvalue weighted by Gasteiger charge is -2.44. The number of rotatable bonds is 5.